The van der Waals surface area contributed by atoms with Crippen molar-refractivity contribution in [2.45, 2.75) is 13.0 Å². The lowest BCUT2D eigenvalue weighted by Crippen LogP contribution is -2.27. The van der Waals surface area contributed by atoms with E-state index < -0.39 is 0 Å². The predicted octanol–water partition coefficient (Wildman–Crippen LogP) is 2.07. The first-order valence-electron chi connectivity index (χ1n) is 5.29. The van der Waals surface area contributed by atoms with Crippen molar-refractivity contribution < 1.29 is 9.53 Å². The minimum absolute atomic E-state index is 0.137. The zero-order chi connectivity index (χ0) is 11.8. The summed E-state index contributed by atoms with van der Waals surface area (Å²) < 4.78 is 4.86. The van der Waals surface area contributed by atoms with E-state index in [9.17, 15) is 4.79 Å². The summed E-state index contributed by atoms with van der Waals surface area (Å²) in [4.78, 5) is 11.2. The van der Waals surface area contributed by atoms with Crippen molar-refractivity contribution in [1.29, 1.82) is 0 Å². The van der Waals surface area contributed by atoms with E-state index in [4.69, 9.17) is 4.74 Å². The highest BCUT2D eigenvalue weighted by molar-refractivity contribution is 5.71. The van der Waals surface area contributed by atoms with Crippen LogP contribution in [0.1, 0.15) is 18.5 Å². The third kappa shape index (κ3) is 4.28. The third-order valence-electron chi connectivity index (χ3n) is 2.21. The van der Waals surface area contributed by atoms with Crippen LogP contribution < -0.4 is 5.32 Å². The summed E-state index contributed by atoms with van der Waals surface area (Å²) in [6.45, 7) is 5.96. The first kappa shape index (κ1) is 12.5. The molecule has 3 heteroatoms. The molecule has 0 aliphatic heterocycles. The molecule has 0 saturated heterocycles. The number of benzene rings is 1. The summed E-state index contributed by atoms with van der Waals surface area (Å²) in [5, 5.41) is 3.10. The maximum Gasteiger partial charge on any atom is 0.320 e. The highest BCUT2D eigenvalue weighted by Crippen LogP contribution is 2.10. The number of esters is 1. The van der Waals surface area contributed by atoms with E-state index >= 15 is 0 Å². The summed E-state index contributed by atoms with van der Waals surface area (Å²) in [5.74, 6) is -0.261. The lowest BCUT2D eigenvalue weighted by Gasteiger charge is -2.13. The molecule has 1 aromatic rings. The van der Waals surface area contributed by atoms with E-state index in [1.165, 1.54) is 0 Å². The zero-order valence-electron chi connectivity index (χ0n) is 9.48. The molecule has 0 saturated carbocycles. The largest absolute Gasteiger partial charge is 0.461 e. The molecule has 0 spiro atoms. The first-order chi connectivity index (χ1) is 7.74. The standard InChI is InChI=1S/C13H17NO2/c1-3-9-16-13(15)10-14-11(2)12-7-5-4-6-8-12/h3-8,11,14H,1,9-10H2,2H3/t11-/m0/s1. The average molecular weight is 219 g/mol. The molecule has 0 fully saturated rings. The van der Waals surface area contributed by atoms with Crippen LogP contribution in [0.25, 0.3) is 0 Å². The molecule has 1 aromatic carbocycles. The van der Waals surface area contributed by atoms with Gasteiger partial charge < -0.3 is 10.1 Å². The van der Waals surface area contributed by atoms with Crippen LogP contribution in [-0.2, 0) is 9.53 Å². The fraction of sp³-hybridized carbons (Fsp3) is 0.308. The number of nitrogens with one attached hydrogen (secondary N) is 1. The summed E-state index contributed by atoms with van der Waals surface area (Å²) in [6, 6.07) is 10.1. The van der Waals surface area contributed by atoms with E-state index in [1.807, 2.05) is 37.3 Å². The molecule has 1 atom stereocenters. The molecule has 0 radical (unpaired) electrons. The molecule has 0 aliphatic carbocycles. The number of hydrogen-bond donors (Lipinski definition) is 1. The van der Waals surface area contributed by atoms with Crippen LogP contribution in [0.15, 0.2) is 43.0 Å². The van der Waals surface area contributed by atoms with Gasteiger partial charge in [-0.25, -0.2) is 0 Å². The smallest absolute Gasteiger partial charge is 0.320 e. The monoisotopic (exact) mass is 219 g/mol. The number of carbonyl (C=O) groups excluding carboxylic acids is 1. The molecule has 86 valence electrons. The Kier molecular flexibility index (Phi) is 5.29. The van der Waals surface area contributed by atoms with Crippen LogP contribution in [0.5, 0.6) is 0 Å². The summed E-state index contributed by atoms with van der Waals surface area (Å²) in [6.07, 6.45) is 1.55. The predicted molar refractivity (Wildman–Crippen MR) is 64.0 cm³/mol. The van der Waals surface area contributed by atoms with E-state index in [-0.39, 0.29) is 25.2 Å². The Morgan fingerprint density at radius 2 is 2.19 bits per heavy atom. The summed E-state index contributed by atoms with van der Waals surface area (Å²) >= 11 is 0. The molecule has 3 nitrogen and oxygen atoms in total. The molecule has 1 rings (SSSR count). The van der Waals surface area contributed by atoms with Crippen molar-refractivity contribution in [3.8, 4) is 0 Å². The van der Waals surface area contributed by atoms with Gasteiger partial charge in [0, 0.05) is 6.04 Å². The van der Waals surface area contributed by atoms with Crippen molar-refractivity contribution in [2.24, 2.45) is 0 Å². The SMILES string of the molecule is C=CCOC(=O)CN[C@@H](C)c1ccccc1. The zero-order valence-corrected chi connectivity index (χ0v) is 9.48. The van der Waals surface area contributed by atoms with Gasteiger partial charge in [-0.05, 0) is 12.5 Å². The van der Waals surface area contributed by atoms with Crippen molar-refractivity contribution in [1.82, 2.24) is 5.32 Å². The molecular weight excluding hydrogens is 202 g/mol. The van der Waals surface area contributed by atoms with Crippen LogP contribution in [0.2, 0.25) is 0 Å². The topological polar surface area (TPSA) is 38.3 Å². The Bertz CT molecular complexity index is 335. The number of hydrogen-bond acceptors (Lipinski definition) is 3. The Morgan fingerprint density at radius 1 is 1.50 bits per heavy atom. The van der Waals surface area contributed by atoms with Crippen molar-refractivity contribution >= 4 is 5.97 Å². The van der Waals surface area contributed by atoms with E-state index in [1.54, 1.807) is 6.08 Å². The highest BCUT2D eigenvalue weighted by Gasteiger charge is 2.07. The van der Waals surface area contributed by atoms with Gasteiger partial charge in [0.25, 0.3) is 0 Å². The fourth-order valence-electron chi connectivity index (χ4n) is 1.30. The van der Waals surface area contributed by atoms with Gasteiger partial charge in [0.2, 0.25) is 0 Å². The highest BCUT2D eigenvalue weighted by atomic mass is 16.5. The lowest BCUT2D eigenvalue weighted by atomic mass is 10.1. The van der Waals surface area contributed by atoms with Gasteiger partial charge in [-0.3, -0.25) is 4.79 Å². The Balaban J connectivity index is 2.33. The van der Waals surface area contributed by atoms with Crippen LogP contribution in [0, 0.1) is 0 Å². The van der Waals surface area contributed by atoms with Gasteiger partial charge in [-0.1, -0.05) is 43.0 Å². The lowest BCUT2D eigenvalue weighted by molar-refractivity contribution is -0.141. The van der Waals surface area contributed by atoms with E-state index in [0.717, 1.165) is 5.56 Å². The minimum Gasteiger partial charge on any atom is -0.461 e. The van der Waals surface area contributed by atoms with E-state index in [2.05, 4.69) is 11.9 Å². The maximum absolute atomic E-state index is 11.2. The second kappa shape index (κ2) is 6.80. The van der Waals surface area contributed by atoms with Crippen molar-refractivity contribution in [3.63, 3.8) is 0 Å². The molecule has 0 heterocycles. The van der Waals surface area contributed by atoms with Crippen molar-refractivity contribution in [2.75, 3.05) is 13.2 Å². The third-order valence-corrected chi connectivity index (χ3v) is 2.21. The van der Waals surface area contributed by atoms with Gasteiger partial charge in [0.1, 0.15) is 6.61 Å². The Hall–Kier alpha value is -1.61. The number of rotatable bonds is 6. The summed E-state index contributed by atoms with van der Waals surface area (Å²) in [7, 11) is 0. The Morgan fingerprint density at radius 3 is 2.81 bits per heavy atom. The Labute approximate surface area is 96.1 Å². The fourth-order valence-corrected chi connectivity index (χ4v) is 1.30. The van der Waals surface area contributed by atoms with Gasteiger partial charge >= 0.3 is 5.97 Å². The second-order valence-corrected chi connectivity index (χ2v) is 3.48. The summed E-state index contributed by atoms with van der Waals surface area (Å²) in [5.41, 5.74) is 1.15. The molecule has 0 amide bonds. The van der Waals surface area contributed by atoms with E-state index in [0.29, 0.717) is 0 Å². The molecule has 0 aliphatic rings. The average Bonchev–Trinajstić information content (AvgIpc) is 2.34. The number of ether oxygens (including phenoxy) is 1. The molecular formula is C13H17NO2. The normalized spacial score (nSPS) is 11.8. The van der Waals surface area contributed by atoms with Crippen LogP contribution in [0.3, 0.4) is 0 Å². The van der Waals surface area contributed by atoms with Crippen molar-refractivity contribution in [3.05, 3.63) is 48.6 Å². The van der Waals surface area contributed by atoms with Gasteiger partial charge in [0.15, 0.2) is 0 Å². The second-order valence-electron chi connectivity index (χ2n) is 3.48. The molecule has 1 N–H and O–H groups in total. The van der Waals surface area contributed by atoms with Crippen LogP contribution >= 0.6 is 0 Å². The van der Waals surface area contributed by atoms with Gasteiger partial charge in [-0.2, -0.15) is 0 Å². The molecule has 0 bridgehead atoms. The first-order valence-corrected chi connectivity index (χ1v) is 5.29. The van der Waals surface area contributed by atoms with Crippen LogP contribution in [-0.4, -0.2) is 19.1 Å². The van der Waals surface area contributed by atoms with Gasteiger partial charge in [-0.15, -0.1) is 0 Å². The molecule has 0 aromatic heterocycles. The molecule has 16 heavy (non-hydrogen) atoms. The molecule has 0 unspecified atom stereocenters. The van der Waals surface area contributed by atoms with Gasteiger partial charge in [0.05, 0.1) is 6.54 Å². The maximum atomic E-state index is 11.2. The van der Waals surface area contributed by atoms with Crippen LogP contribution in [0.4, 0.5) is 0 Å². The minimum atomic E-state index is -0.261. The number of carbonyl (C=O) groups is 1. The quantitative estimate of drug-likeness (QED) is 0.588.